The summed E-state index contributed by atoms with van der Waals surface area (Å²) in [6.07, 6.45) is 3.12. The molecule has 0 bridgehead atoms. The number of nitrogens with two attached hydrogens (primary N) is 1. The molecule has 1 aromatic heterocycles. The second kappa shape index (κ2) is 3.30. The maximum Gasteiger partial charge on any atom is 0.183 e. The van der Waals surface area contributed by atoms with E-state index in [0.717, 1.165) is 5.82 Å². The van der Waals surface area contributed by atoms with Crippen LogP contribution in [-0.4, -0.2) is 9.97 Å². The Morgan fingerprint density at radius 3 is 2.27 bits per heavy atom. The van der Waals surface area contributed by atoms with Crippen molar-refractivity contribution >= 4 is 0 Å². The molecule has 0 atom stereocenters. The van der Waals surface area contributed by atoms with Crippen molar-refractivity contribution in [1.29, 1.82) is 0 Å². The van der Waals surface area contributed by atoms with Crippen LogP contribution >= 0.6 is 0 Å². The normalized spacial score (nSPS) is 10.2. The van der Waals surface area contributed by atoms with Gasteiger partial charge in [0.2, 0.25) is 0 Å². The lowest BCUT2D eigenvalue weighted by Crippen LogP contribution is -2.04. The first-order valence-corrected chi connectivity index (χ1v) is 3.42. The largest absolute Gasteiger partial charge is 0.408 e. The van der Waals surface area contributed by atoms with E-state index >= 15 is 0 Å². The zero-order valence-electron chi connectivity index (χ0n) is 6.61. The molecule has 0 radical (unpaired) electrons. The maximum absolute atomic E-state index is 4.90. The van der Waals surface area contributed by atoms with E-state index in [4.69, 9.17) is 5.90 Å². The van der Waals surface area contributed by atoms with Crippen LogP contribution in [0.1, 0.15) is 25.6 Å². The molecule has 0 aromatic carbocycles. The van der Waals surface area contributed by atoms with Crippen molar-refractivity contribution in [3.63, 3.8) is 0 Å². The summed E-state index contributed by atoms with van der Waals surface area (Å²) >= 11 is 0. The summed E-state index contributed by atoms with van der Waals surface area (Å²) in [6.45, 7) is 4.05. The molecule has 0 aliphatic heterocycles. The van der Waals surface area contributed by atoms with Gasteiger partial charge in [-0.05, 0) is 0 Å². The van der Waals surface area contributed by atoms with Gasteiger partial charge in [-0.15, -0.1) is 0 Å². The van der Waals surface area contributed by atoms with Crippen LogP contribution in [0.5, 0.6) is 5.75 Å². The van der Waals surface area contributed by atoms with E-state index in [1.807, 2.05) is 13.8 Å². The van der Waals surface area contributed by atoms with Crippen LogP contribution < -0.4 is 10.7 Å². The number of hydrogen-bond donors (Lipinski definition) is 1. The minimum atomic E-state index is 0.335. The average molecular weight is 153 g/mol. The molecule has 1 heterocycles. The highest BCUT2D eigenvalue weighted by atomic mass is 16.6. The summed E-state index contributed by atoms with van der Waals surface area (Å²) in [4.78, 5) is 12.5. The summed E-state index contributed by atoms with van der Waals surface area (Å²) in [5, 5.41) is 0. The first kappa shape index (κ1) is 7.94. The topological polar surface area (TPSA) is 61.0 Å². The molecule has 0 saturated heterocycles. The third-order valence-electron chi connectivity index (χ3n) is 1.30. The first-order valence-electron chi connectivity index (χ1n) is 3.42. The van der Waals surface area contributed by atoms with Gasteiger partial charge in [-0.25, -0.2) is 9.97 Å². The summed E-state index contributed by atoms with van der Waals surface area (Å²) in [7, 11) is 0. The van der Waals surface area contributed by atoms with E-state index < -0.39 is 0 Å². The van der Waals surface area contributed by atoms with Gasteiger partial charge in [0.1, 0.15) is 5.82 Å². The van der Waals surface area contributed by atoms with Crippen LogP contribution in [-0.2, 0) is 0 Å². The van der Waals surface area contributed by atoms with Gasteiger partial charge in [0, 0.05) is 5.92 Å². The molecule has 0 saturated carbocycles. The Labute approximate surface area is 65.4 Å². The summed E-state index contributed by atoms with van der Waals surface area (Å²) in [5.74, 6) is 6.51. The highest BCUT2D eigenvalue weighted by Crippen LogP contribution is 2.10. The van der Waals surface area contributed by atoms with E-state index in [-0.39, 0.29) is 0 Å². The van der Waals surface area contributed by atoms with Crippen LogP contribution in [0.3, 0.4) is 0 Å². The standard InChI is InChI=1S/C7H11N3O/c1-5(2)7-9-3-6(11-8)4-10-7/h3-5H,8H2,1-2H3. The molecule has 0 amide bonds. The predicted molar refractivity (Wildman–Crippen MR) is 40.9 cm³/mol. The lowest BCUT2D eigenvalue weighted by molar-refractivity contribution is 0.331. The van der Waals surface area contributed by atoms with Crippen LogP contribution in [0.2, 0.25) is 0 Å². The Balaban J connectivity index is 2.83. The second-order valence-electron chi connectivity index (χ2n) is 2.55. The van der Waals surface area contributed by atoms with Gasteiger partial charge in [-0.3, -0.25) is 0 Å². The number of nitrogens with zero attached hydrogens (tertiary/aromatic N) is 2. The molecule has 2 N–H and O–H groups in total. The van der Waals surface area contributed by atoms with Crippen molar-refractivity contribution in [2.45, 2.75) is 19.8 Å². The Hall–Kier alpha value is -1.16. The number of hydrogen-bond acceptors (Lipinski definition) is 4. The van der Waals surface area contributed by atoms with Gasteiger partial charge < -0.3 is 4.84 Å². The Kier molecular flexibility index (Phi) is 2.38. The number of rotatable bonds is 2. The lowest BCUT2D eigenvalue weighted by atomic mass is 10.2. The molecule has 1 aromatic rings. The van der Waals surface area contributed by atoms with Crippen molar-refractivity contribution in [3.05, 3.63) is 18.2 Å². The van der Waals surface area contributed by atoms with Gasteiger partial charge in [-0.2, -0.15) is 5.90 Å². The van der Waals surface area contributed by atoms with Gasteiger partial charge in [0.25, 0.3) is 0 Å². The summed E-state index contributed by atoms with van der Waals surface area (Å²) in [5.41, 5.74) is 0. The zero-order chi connectivity index (χ0) is 8.27. The Morgan fingerprint density at radius 2 is 1.91 bits per heavy atom. The van der Waals surface area contributed by atoms with Gasteiger partial charge in [0.15, 0.2) is 5.75 Å². The van der Waals surface area contributed by atoms with Crippen molar-refractivity contribution in [2.24, 2.45) is 5.90 Å². The van der Waals surface area contributed by atoms with Crippen molar-refractivity contribution in [1.82, 2.24) is 9.97 Å². The molecule has 0 aliphatic carbocycles. The fourth-order valence-electron chi connectivity index (χ4n) is 0.685. The van der Waals surface area contributed by atoms with E-state index in [0.29, 0.717) is 11.7 Å². The quantitative estimate of drug-likeness (QED) is 0.640. The molecule has 4 heteroatoms. The molecule has 11 heavy (non-hydrogen) atoms. The van der Waals surface area contributed by atoms with Gasteiger partial charge in [0.05, 0.1) is 12.4 Å². The Bertz CT molecular complexity index is 220. The molecule has 0 fully saturated rings. The van der Waals surface area contributed by atoms with Crippen LogP contribution in [0.25, 0.3) is 0 Å². The molecule has 60 valence electrons. The van der Waals surface area contributed by atoms with Gasteiger partial charge >= 0.3 is 0 Å². The zero-order valence-corrected chi connectivity index (χ0v) is 6.61. The molecule has 0 unspecified atom stereocenters. The highest BCUT2D eigenvalue weighted by molar-refractivity contribution is 5.12. The van der Waals surface area contributed by atoms with Crippen LogP contribution in [0, 0.1) is 0 Å². The van der Waals surface area contributed by atoms with Crippen molar-refractivity contribution < 1.29 is 4.84 Å². The second-order valence-corrected chi connectivity index (χ2v) is 2.55. The van der Waals surface area contributed by atoms with E-state index in [9.17, 15) is 0 Å². The molecule has 1 rings (SSSR count). The third kappa shape index (κ3) is 1.88. The van der Waals surface area contributed by atoms with Crippen LogP contribution in [0.4, 0.5) is 0 Å². The average Bonchev–Trinajstić information content (AvgIpc) is 2.05. The molecule has 4 nitrogen and oxygen atoms in total. The monoisotopic (exact) mass is 153 g/mol. The third-order valence-corrected chi connectivity index (χ3v) is 1.30. The fraction of sp³-hybridized carbons (Fsp3) is 0.429. The lowest BCUT2D eigenvalue weighted by Gasteiger charge is -2.02. The fourth-order valence-corrected chi connectivity index (χ4v) is 0.685. The van der Waals surface area contributed by atoms with E-state index in [1.54, 1.807) is 12.4 Å². The first-order chi connectivity index (χ1) is 5.24. The Morgan fingerprint density at radius 1 is 1.36 bits per heavy atom. The maximum atomic E-state index is 4.90. The smallest absolute Gasteiger partial charge is 0.183 e. The molecular formula is C7H11N3O. The minimum Gasteiger partial charge on any atom is -0.408 e. The van der Waals surface area contributed by atoms with Crippen molar-refractivity contribution in [2.75, 3.05) is 0 Å². The summed E-state index contributed by atoms with van der Waals surface area (Å²) < 4.78 is 0. The number of aromatic nitrogens is 2. The SMILES string of the molecule is CC(C)c1ncc(ON)cn1. The highest BCUT2D eigenvalue weighted by Gasteiger charge is 2.01. The van der Waals surface area contributed by atoms with E-state index in [2.05, 4.69) is 14.8 Å². The van der Waals surface area contributed by atoms with E-state index in [1.165, 1.54) is 0 Å². The molecule has 0 aliphatic rings. The summed E-state index contributed by atoms with van der Waals surface area (Å²) in [6, 6.07) is 0. The van der Waals surface area contributed by atoms with Crippen molar-refractivity contribution in [3.8, 4) is 5.75 Å². The van der Waals surface area contributed by atoms with Gasteiger partial charge in [-0.1, -0.05) is 13.8 Å². The predicted octanol–water partition coefficient (Wildman–Crippen LogP) is 0.853. The molecule has 0 spiro atoms. The molecular weight excluding hydrogens is 142 g/mol. The van der Waals surface area contributed by atoms with Crippen LogP contribution in [0.15, 0.2) is 12.4 Å². The minimum absolute atomic E-state index is 0.335.